The first kappa shape index (κ1) is 15.0. The number of halogens is 2. The highest BCUT2D eigenvalue weighted by molar-refractivity contribution is 5.88. The van der Waals surface area contributed by atoms with Crippen LogP contribution < -0.4 is 9.64 Å². The molecule has 23 heavy (non-hydrogen) atoms. The van der Waals surface area contributed by atoms with E-state index in [1.807, 2.05) is 0 Å². The molecule has 0 N–H and O–H groups in total. The Balaban J connectivity index is 2.04. The van der Waals surface area contributed by atoms with Crippen LogP contribution in [-0.2, 0) is 16.1 Å². The van der Waals surface area contributed by atoms with Crippen LogP contribution in [0.3, 0.4) is 0 Å². The maximum Gasteiger partial charge on any atom is 0.375 e. The predicted molar refractivity (Wildman–Crippen MR) is 79.7 cm³/mol. The van der Waals surface area contributed by atoms with Crippen LogP contribution in [-0.4, -0.2) is 13.1 Å². The van der Waals surface area contributed by atoms with Crippen molar-refractivity contribution in [3.8, 4) is 5.75 Å². The van der Waals surface area contributed by atoms with Crippen LogP contribution in [0.4, 0.5) is 14.5 Å². The summed E-state index contributed by atoms with van der Waals surface area (Å²) in [7, 11) is 1.22. The minimum absolute atomic E-state index is 0.0461. The lowest BCUT2D eigenvalue weighted by atomic mass is 10.1. The number of fused-ring (bicyclic) bond motifs is 1. The van der Waals surface area contributed by atoms with Crippen LogP contribution in [0.5, 0.6) is 5.75 Å². The molecule has 4 nitrogen and oxygen atoms in total. The zero-order valence-corrected chi connectivity index (χ0v) is 12.3. The second kappa shape index (κ2) is 6.08. The lowest BCUT2D eigenvalue weighted by molar-refractivity contribution is -0.138. The number of carbonyl (C=O) groups is 1. The Kier molecular flexibility index (Phi) is 3.97. The van der Waals surface area contributed by atoms with E-state index in [0.29, 0.717) is 5.56 Å². The van der Waals surface area contributed by atoms with E-state index in [-0.39, 0.29) is 23.7 Å². The Hall–Kier alpha value is -2.89. The zero-order chi connectivity index (χ0) is 16.4. The topological polar surface area (TPSA) is 38.8 Å². The van der Waals surface area contributed by atoms with E-state index >= 15 is 0 Å². The first-order chi connectivity index (χ1) is 11.1. The number of esters is 1. The van der Waals surface area contributed by atoms with E-state index in [1.54, 1.807) is 18.2 Å². The van der Waals surface area contributed by atoms with E-state index in [0.717, 1.165) is 0 Å². The number of methoxy groups -OCH3 is 1. The summed E-state index contributed by atoms with van der Waals surface area (Å²) < 4.78 is 38.1. The Morgan fingerprint density at radius 2 is 1.87 bits per heavy atom. The second-order valence-corrected chi connectivity index (χ2v) is 4.89. The third kappa shape index (κ3) is 2.88. The monoisotopic (exact) mass is 317 g/mol. The van der Waals surface area contributed by atoms with Crippen LogP contribution in [0.15, 0.2) is 54.4 Å². The standard InChI is InChI=1S/C17H13F2NO3/c1-22-17(21)15-10-20(9-11-5-2-3-6-12(11)18)16-13(19)7-4-8-14(16)23-15/h2-8,10H,9H2,1H3. The molecule has 0 unspecified atom stereocenters. The van der Waals surface area contributed by atoms with E-state index in [2.05, 4.69) is 4.74 Å². The molecule has 6 heteroatoms. The van der Waals surface area contributed by atoms with Crippen molar-refractivity contribution < 1.29 is 23.0 Å². The molecule has 0 radical (unpaired) electrons. The van der Waals surface area contributed by atoms with Crippen molar-refractivity contribution in [3.63, 3.8) is 0 Å². The average Bonchev–Trinajstić information content (AvgIpc) is 2.56. The van der Waals surface area contributed by atoms with Crippen molar-refractivity contribution in [2.24, 2.45) is 0 Å². The third-order valence-electron chi connectivity index (χ3n) is 3.42. The molecule has 0 fully saturated rings. The Labute approximate surface area is 131 Å². The molecular weight excluding hydrogens is 304 g/mol. The molecule has 0 bridgehead atoms. The number of benzene rings is 2. The fraction of sp³-hybridized carbons (Fsp3) is 0.118. The maximum absolute atomic E-state index is 14.2. The number of rotatable bonds is 3. The lowest BCUT2D eigenvalue weighted by Gasteiger charge is -2.28. The van der Waals surface area contributed by atoms with Gasteiger partial charge < -0.3 is 14.4 Å². The van der Waals surface area contributed by atoms with Gasteiger partial charge in [-0.1, -0.05) is 24.3 Å². The number of para-hydroxylation sites is 1. The SMILES string of the molecule is COC(=O)C1=CN(Cc2ccccc2F)c2c(F)cccc2O1. The van der Waals surface area contributed by atoms with Crippen LogP contribution >= 0.6 is 0 Å². The number of anilines is 1. The summed E-state index contributed by atoms with van der Waals surface area (Å²) in [5, 5.41) is 0. The molecule has 0 saturated heterocycles. The maximum atomic E-state index is 14.2. The summed E-state index contributed by atoms with van der Waals surface area (Å²) in [6, 6.07) is 10.4. The van der Waals surface area contributed by atoms with E-state index in [4.69, 9.17) is 4.74 Å². The molecule has 0 aliphatic carbocycles. The van der Waals surface area contributed by atoms with Crippen molar-refractivity contribution in [2.45, 2.75) is 6.54 Å². The van der Waals surface area contributed by atoms with Gasteiger partial charge in [0.1, 0.15) is 11.5 Å². The van der Waals surface area contributed by atoms with Crippen molar-refractivity contribution in [1.29, 1.82) is 0 Å². The van der Waals surface area contributed by atoms with Gasteiger partial charge in [-0.25, -0.2) is 13.6 Å². The highest BCUT2D eigenvalue weighted by Crippen LogP contribution is 2.37. The van der Waals surface area contributed by atoms with E-state index in [1.165, 1.54) is 42.5 Å². The molecular formula is C17H13F2NO3. The van der Waals surface area contributed by atoms with Crippen molar-refractivity contribution >= 4 is 11.7 Å². The molecule has 0 amide bonds. The van der Waals surface area contributed by atoms with Crippen LogP contribution in [0, 0.1) is 11.6 Å². The summed E-state index contributed by atoms with van der Waals surface area (Å²) in [6.45, 7) is 0.0461. The Bertz CT molecular complexity index is 789. The minimum atomic E-state index is -0.696. The Morgan fingerprint density at radius 1 is 1.13 bits per heavy atom. The van der Waals surface area contributed by atoms with Gasteiger partial charge in [0.15, 0.2) is 11.6 Å². The molecule has 0 atom stereocenters. The summed E-state index contributed by atoms with van der Waals surface area (Å²) in [6.07, 6.45) is 1.31. The molecule has 3 rings (SSSR count). The lowest BCUT2D eigenvalue weighted by Crippen LogP contribution is -2.26. The van der Waals surface area contributed by atoms with Gasteiger partial charge in [-0.15, -0.1) is 0 Å². The normalized spacial score (nSPS) is 13.0. The number of hydrogen-bond donors (Lipinski definition) is 0. The van der Waals surface area contributed by atoms with Gasteiger partial charge in [0.25, 0.3) is 0 Å². The number of carbonyl (C=O) groups excluding carboxylic acids is 1. The minimum Gasteiger partial charge on any atom is -0.463 e. The molecule has 1 aliphatic rings. The molecule has 0 spiro atoms. The molecule has 0 aromatic heterocycles. The fourth-order valence-corrected chi connectivity index (χ4v) is 2.34. The van der Waals surface area contributed by atoms with Gasteiger partial charge in [0, 0.05) is 5.56 Å². The van der Waals surface area contributed by atoms with Gasteiger partial charge in [-0.05, 0) is 18.2 Å². The summed E-state index contributed by atoms with van der Waals surface area (Å²) >= 11 is 0. The molecule has 0 saturated carbocycles. The van der Waals surface area contributed by atoms with Crippen LogP contribution in [0.2, 0.25) is 0 Å². The molecule has 1 heterocycles. The average molecular weight is 317 g/mol. The van der Waals surface area contributed by atoms with Crippen molar-refractivity contribution in [2.75, 3.05) is 12.0 Å². The highest BCUT2D eigenvalue weighted by Gasteiger charge is 2.27. The van der Waals surface area contributed by atoms with Crippen molar-refractivity contribution in [1.82, 2.24) is 0 Å². The quantitative estimate of drug-likeness (QED) is 0.814. The Morgan fingerprint density at radius 3 is 2.61 bits per heavy atom. The van der Waals surface area contributed by atoms with Gasteiger partial charge in [-0.3, -0.25) is 0 Å². The number of ether oxygens (including phenoxy) is 2. The number of hydrogen-bond acceptors (Lipinski definition) is 4. The highest BCUT2D eigenvalue weighted by atomic mass is 19.1. The molecule has 2 aromatic carbocycles. The van der Waals surface area contributed by atoms with Gasteiger partial charge in [0.05, 0.1) is 19.9 Å². The fourth-order valence-electron chi connectivity index (χ4n) is 2.34. The van der Waals surface area contributed by atoms with Gasteiger partial charge in [-0.2, -0.15) is 0 Å². The van der Waals surface area contributed by atoms with Crippen molar-refractivity contribution in [3.05, 3.63) is 71.6 Å². The second-order valence-electron chi connectivity index (χ2n) is 4.89. The predicted octanol–water partition coefficient (Wildman–Crippen LogP) is 3.38. The summed E-state index contributed by atoms with van der Waals surface area (Å²) in [5.41, 5.74) is 0.507. The van der Waals surface area contributed by atoms with Crippen LogP contribution in [0.1, 0.15) is 5.56 Å². The number of nitrogens with zero attached hydrogens (tertiary/aromatic N) is 1. The third-order valence-corrected chi connectivity index (χ3v) is 3.42. The smallest absolute Gasteiger partial charge is 0.375 e. The van der Waals surface area contributed by atoms with E-state index < -0.39 is 17.6 Å². The largest absolute Gasteiger partial charge is 0.463 e. The summed E-state index contributed by atoms with van der Waals surface area (Å²) in [4.78, 5) is 13.1. The van der Waals surface area contributed by atoms with Crippen LogP contribution in [0.25, 0.3) is 0 Å². The first-order valence-electron chi connectivity index (χ1n) is 6.86. The zero-order valence-electron chi connectivity index (χ0n) is 12.3. The first-order valence-corrected chi connectivity index (χ1v) is 6.86. The molecule has 118 valence electrons. The van der Waals surface area contributed by atoms with E-state index in [9.17, 15) is 13.6 Å². The van der Waals surface area contributed by atoms with Gasteiger partial charge >= 0.3 is 5.97 Å². The summed E-state index contributed by atoms with van der Waals surface area (Å²) in [5.74, 6) is -1.56. The molecule has 1 aliphatic heterocycles. The van der Waals surface area contributed by atoms with Gasteiger partial charge in [0.2, 0.25) is 5.76 Å². The molecule has 2 aromatic rings.